The van der Waals surface area contributed by atoms with Gasteiger partial charge in [0.25, 0.3) is 0 Å². The van der Waals surface area contributed by atoms with Crippen LogP contribution in [-0.4, -0.2) is 93.5 Å². The number of nitrogens with zero attached hydrogens (tertiary/aromatic N) is 1. The summed E-state index contributed by atoms with van der Waals surface area (Å²) in [7, 11) is 0. The van der Waals surface area contributed by atoms with Crippen LogP contribution in [0.4, 0.5) is 0 Å². The van der Waals surface area contributed by atoms with Gasteiger partial charge >= 0.3 is 11.9 Å². The third-order valence-electron chi connectivity index (χ3n) is 4.56. The lowest BCUT2D eigenvalue weighted by atomic mass is 10.1. The molecule has 2 atom stereocenters. The summed E-state index contributed by atoms with van der Waals surface area (Å²) >= 11 is 1.79. The average Bonchev–Trinajstić information content (AvgIpc) is 3.16. The summed E-state index contributed by atoms with van der Waals surface area (Å²) in [6, 6.07) is 8.83. The average molecular weight is 442 g/mol. The standard InChI is InChI=1S/C16H21NO2S.C4H6O6/c18-15-11-17(12-15)6-1-7-19-8-4-13-2-3-16-14(10-13)5-9-20-16;5-1(3(7)8)2(6)4(9)10/h2-3,5,9-10,15,18H,1,4,6-8,11-12H2;1-2,5-6H,(H,7,8)(H,9,10)/t;1-,2-/m.1/s1. The van der Waals surface area contributed by atoms with Crippen molar-refractivity contribution < 1.29 is 39.9 Å². The number of aliphatic hydroxyl groups excluding tert-OH is 3. The number of carbonyl (C=O) groups is 2. The first-order valence-corrected chi connectivity index (χ1v) is 10.4. The minimum absolute atomic E-state index is 0.0945. The van der Waals surface area contributed by atoms with Crippen LogP contribution in [0.15, 0.2) is 29.6 Å². The molecule has 1 aliphatic rings. The molecule has 9 nitrogen and oxygen atoms in total. The first kappa shape index (κ1) is 24.2. The van der Waals surface area contributed by atoms with Crippen LogP contribution in [-0.2, 0) is 20.7 Å². The van der Waals surface area contributed by atoms with Crippen LogP contribution in [0.25, 0.3) is 10.1 Å². The molecule has 1 fully saturated rings. The number of thiophene rings is 1. The highest BCUT2D eigenvalue weighted by molar-refractivity contribution is 7.17. The van der Waals surface area contributed by atoms with Gasteiger partial charge < -0.3 is 30.3 Å². The smallest absolute Gasteiger partial charge is 0.335 e. The molecule has 5 N–H and O–H groups in total. The molecule has 10 heteroatoms. The van der Waals surface area contributed by atoms with Gasteiger partial charge in [-0.15, -0.1) is 11.3 Å². The highest BCUT2D eigenvalue weighted by Crippen LogP contribution is 2.21. The summed E-state index contributed by atoms with van der Waals surface area (Å²) in [6.07, 6.45) is -2.59. The zero-order valence-electron chi connectivity index (χ0n) is 16.4. The van der Waals surface area contributed by atoms with Gasteiger partial charge in [-0.3, -0.25) is 4.90 Å². The number of carboxylic acids is 2. The maximum atomic E-state index is 9.77. The van der Waals surface area contributed by atoms with Crippen molar-refractivity contribution in [2.75, 3.05) is 32.8 Å². The molecule has 0 radical (unpaired) electrons. The van der Waals surface area contributed by atoms with Gasteiger partial charge in [-0.1, -0.05) is 12.1 Å². The number of hydrogen-bond donors (Lipinski definition) is 5. The Morgan fingerprint density at radius 3 is 2.37 bits per heavy atom. The number of carboxylic acid groups (broad SMARTS) is 2. The van der Waals surface area contributed by atoms with E-state index < -0.39 is 24.1 Å². The van der Waals surface area contributed by atoms with Gasteiger partial charge in [0.05, 0.1) is 12.7 Å². The Kier molecular flexibility index (Phi) is 9.63. The number of benzene rings is 1. The lowest BCUT2D eigenvalue weighted by Gasteiger charge is -2.35. The number of β-amino-alcohol motifs (C(OH)–C–C–N with tert-alkyl or cyclic N) is 1. The maximum Gasteiger partial charge on any atom is 0.335 e. The molecular formula is C20H27NO8S. The second kappa shape index (κ2) is 11.9. The van der Waals surface area contributed by atoms with E-state index in [1.165, 1.54) is 15.6 Å². The van der Waals surface area contributed by atoms with Crippen LogP contribution in [0.5, 0.6) is 0 Å². The molecule has 30 heavy (non-hydrogen) atoms. The Bertz CT molecular complexity index is 802. The molecule has 0 amide bonds. The summed E-state index contributed by atoms with van der Waals surface area (Å²) in [5.74, 6) is -3.54. The molecule has 1 saturated heterocycles. The van der Waals surface area contributed by atoms with E-state index in [1.54, 1.807) is 11.3 Å². The number of hydrogen-bond acceptors (Lipinski definition) is 8. The second-order valence-electron chi connectivity index (χ2n) is 6.99. The van der Waals surface area contributed by atoms with E-state index in [9.17, 15) is 14.7 Å². The van der Waals surface area contributed by atoms with E-state index >= 15 is 0 Å². The molecule has 2 aromatic rings. The molecular weight excluding hydrogens is 414 g/mol. The van der Waals surface area contributed by atoms with E-state index in [1.807, 2.05) is 0 Å². The van der Waals surface area contributed by atoms with Gasteiger partial charge in [-0.05, 0) is 41.3 Å². The molecule has 166 valence electrons. The Balaban J connectivity index is 0.000000274. The van der Waals surface area contributed by atoms with Gasteiger partial charge in [0, 0.05) is 30.9 Å². The largest absolute Gasteiger partial charge is 0.479 e. The van der Waals surface area contributed by atoms with Gasteiger partial charge in [0.2, 0.25) is 0 Å². The van der Waals surface area contributed by atoms with Crippen molar-refractivity contribution in [3.05, 3.63) is 35.2 Å². The zero-order chi connectivity index (χ0) is 22.1. The number of ether oxygens (including phenoxy) is 1. The highest BCUT2D eigenvalue weighted by Gasteiger charge is 2.29. The number of aliphatic hydroxyl groups is 3. The van der Waals surface area contributed by atoms with E-state index in [4.69, 9.17) is 25.2 Å². The van der Waals surface area contributed by atoms with Crippen molar-refractivity contribution >= 4 is 33.4 Å². The molecule has 0 unspecified atom stereocenters. The molecule has 0 bridgehead atoms. The monoisotopic (exact) mass is 441 g/mol. The van der Waals surface area contributed by atoms with Crippen molar-refractivity contribution in [1.29, 1.82) is 0 Å². The molecule has 1 aliphatic heterocycles. The van der Waals surface area contributed by atoms with Gasteiger partial charge in [-0.2, -0.15) is 0 Å². The van der Waals surface area contributed by atoms with Crippen LogP contribution < -0.4 is 0 Å². The zero-order valence-corrected chi connectivity index (χ0v) is 17.2. The van der Waals surface area contributed by atoms with Crippen LogP contribution in [0, 0.1) is 0 Å². The third kappa shape index (κ3) is 7.63. The topological polar surface area (TPSA) is 148 Å². The number of aliphatic carboxylic acids is 2. The summed E-state index contributed by atoms with van der Waals surface area (Å²) in [6.45, 7) is 4.31. The predicted molar refractivity (Wildman–Crippen MR) is 111 cm³/mol. The summed E-state index contributed by atoms with van der Waals surface area (Å²) in [4.78, 5) is 21.8. The van der Waals surface area contributed by atoms with Crippen molar-refractivity contribution in [3.63, 3.8) is 0 Å². The minimum Gasteiger partial charge on any atom is -0.479 e. The number of rotatable bonds is 10. The van der Waals surface area contributed by atoms with Crippen molar-refractivity contribution in [3.8, 4) is 0 Å². The number of likely N-dealkylation sites (tertiary alicyclic amines) is 1. The second-order valence-corrected chi connectivity index (χ2v) is 7.94. The van der Waals surface area contributed by atoms with E-state index in [0.29, 0.717) is 0 Å². The van der Waals surface area contributed by atoms with E-state index in [0.717, 1.165) is 45.7 Å². The Morgan fingerprint density at radius 1 is 1.10 bits per heavy atom. The SMILES string of the molecule is O=C(O)[C@H](O)[C@@H](O)C(=O)O.OC1CN(CCCOCCc2ccc3sccc3c2)C1. The fraction of sp³-hybridized carbons (Fsp3) is 0.500. The lowest BCUT2D eigenvalue weighted by molar-refractivity contribution is -0.165. The van der Waals surface area contributed by atoms with Gasteiger partial charge in [0.15, 0.2) is 12.2 Å². The molecule has 1 aromatic carbocycles. The lowest BCUT2D eigenvalue weighted by Crippen LogP contribution is -2.50. The Morgan fingerprint density at radius 2 is 1.77 bits per heavy atom. The minimum atomic E-state index is -2.27. The fourth-order valence-corrected chi connectivity index (χ4v) is 3.62. The normalized spacial score (nSPS) is 16.4. The summed E-state index contributed by atoms with van der Waals surface area (Å²) in [5, 5.41) is 45.2. The first-order valence-electron chi connectivity index (χ1n) is 9.54. The maximum absolute atomic E-state index is 9.77. The van der Waals surface area contributed by atoms with E-state index in [-0.39, 0.29) is 6.10 Å². The Hall–Kier alpha value is -2.08. The van der Waals surface area contributed by atoms with Crippen LogP contribution >= 0.6 is 11.3 Å². The van der Waals surface area contributed by atoms with Crippen molar-refractivity contribution in [2.24, 2.45) is 0 Å². The molecule has 2 heterocycles. The third-order valence-corrected chi connectivity index (χ3v) is 5.46. The molecule has 0 saturated carbocycles. The number of fused-ring (bicyclic) bond motifs is 1. The highest BCUT2D eigenvalue weighted by atomic mass is 32.1. The molecule has 1 aromatic heterocycles. The van der Waals surface area contributed by atoms with Gasteiger partial charge in [-0.25, -0.2) is 9.59 Å². The van der Waals surface area contributed by atoms with E-state index in [2.05, 4.69) is 34.5 Å². The quantitative estimate of drug-likeness (QED) is 0.331. The summed E-state index contributed by atoms with van der Waals surface area (Å²) < 4.78 is 7.04. The van der Waals surface area contributed by atoms with Crippen LogP contribution in [0.3, 0.4) is 0 Å². The van der Waals surface area contributed by atoms with Crippen LogP contribution in [0.2, 0.25) is 0 Å². The van der Waals surface area contributed by atoms with Crippen LogP contribution in [0.1, 0.15) is 12.0 Å². The fourth-order valence-electron chi connectivity index (χ4n) is 2.85. The Labute approximate surface area is 177 Å². The molecule has 3 rings (SSSR count). The molecule has 0 spiro atoms. The molecule has 0 aliphatic carbocycles. The summed E-state index contributed by atoms with van der Waals surface area (Å²) in [5.41, 5.74) is 1.35. The first-order chi connectivity index (χ1) is 14.3. The van der Waals surface area contributed by atoms with Gasteiger partial charge in [0.1, 0.15) is 0 Å². The predicted octanol–water partition coefficient (Wildman–Crippen LogP) is 0.404. The van der Waals surface area contributed by atoms with Crippen molar-refractivity contribution in [1.82, 2.24) is 4.90 Å². The van der Waals surface area contributed by atoms with Crippen molar-refractivity contribution in [2.45, 2.75) is 31.2 Å².